The van der Waals surface area contributed by atoms with Crippen LogP contribution >= 0.6 is 0 Å². The number of carboxylic acids is 1. The molecule has 1 fully saturated rings. The lowest BCUT2D eigenvalue weighted by Crippen LogP contribution is -2.48. The average Bonchev–Trinajstić information content (AvgIpc) is 3.29. The van der Waals surface area contributed by atoms with Crippen LogP contribution in [0, 0.1) is 11.3 Å². The number of esters is 1. The van der Waals surface area contributed by atoms with E-state index in [4.69, 9.17) is 14.2 Å². The van der Waals surface area contributed by atoms with Crippen molar-refractivity contribution in [1.82, 2.24) is 5.32 Å². The van der Waals surface area contributed by atoms with Crippen LogP contribution < -0.4 is 10.1 Å². The van der Waals surface area contributed by atoms with Gasteiger partial charge in [0, 0.05) is 0 Å². The first-order chi connectivity index (χ1) is 16.3. The van der Waals surface area contributed by atoms with Crippen LogP contribution in [-0.2, 0) is 30.5 Å². The zero-order valence-corrected chi connectivity index (χ0v) is 20.6. The van der Waals surface area contributed by atoms with Gasteiger partial charge in [-0.25, -0.2) is 0 Å². The summed E-state index contributed by atoms with van der Waals surface area (Å²) in [6.07, 6.45) is 4.69. The highest BCUT2D eigenvalue weighted by Crippen LogP contribution is 2.44. The monoisotopic (exact) mass is 477 g/mol. The van der Waals surface area contributed by atoms with Crippen molar-refractivity contribution in [2.24, 2.45) is 11.3 Å². The van der Waals surface area contributed by atoms with Gasteiger partial charge in [-0.2, -0.15) is 0 Å². The van der Waals surface area contributed by atoms with E-state index >= 15 is 0 Å². The summed E-state index contributed by atoms with van der Waals surface area (Å²) >= 11 is 0. The van der Waals surface area contributed by atoms with E-state index in [1.165, 1.54) is 0 Å². The molecule has 0 saturated heterocycles. The van der Waals surface area contributed by atoms with E-state index in [2.05, 4.69) is 5.32 Å². The molecule has 0 aliphatic heterocycles. The van der Waals surface area contributed by atoms with Gasteiger partial charge in [-0.05, 0) is 50.3 Å². The number of rotatable bonds is 15. The van der Waals surface area contributed by atoms with Crippen molar-refractivity contribution in [2.45, 2.75) is 77.9 Å². The van der Waals surface area contributed by atoms with Gasteiger partial charge in [0.1, 0.15) is 5.75 Å². The maximum Gasteiger partial charge on any atom is 0.307 e. The molecule has 1 aliphatic rings. The number of hydrogen-bond acceptors (Lipinski definition) is 6. The number of aliphatic carboxylic acids is 1. The maximum absolute atomic E-state index is 13.5. The molecule has 190 valence electrons. The molecule has 2 N–H and O–H groups in total. The Kier molecular flexibility index (Phi) is 11.3. The number of benzene rings is 1. The van der Waals surface area contributed by atoms with Gasteiger partial charge in [-0.15, -0.1) is 0 Å². The first kappa shape index (κ1) is 27.6. The highest BCUT2D eigenvalue weighted by atomic mass is 16.5. The Hall–Kier alpha value is -2.61. The summed E-state index contributed by atoms with van der Waals surface area (Å²) in [5.41, 5.74) is 0.189. The number of hydrogen-bond donors (Lipinski definition) is 2. The summed E-state index contributed by atoms with van der Waals surface area (Å²) in [7, 11) is 1.60. The minimum absolute atomic E-state index is 0.00884. The third-order valence-corrected chi connectivity index (χ3v) is 6.44. The van der Waals surface area contributed by atoms with Gasteiger partial charge in [0.05, 0.1) is 50.7 Å². The van der Waals surface area contributed by atoms with E-state index < -0.39 is 29.3 Å². The normalized spacial score (nSPS) is 16.4. The molecule has 0 radical (unpaired) electrons. The lowest BCUT2D eigenvalue weighted by molar-refractivity contribution is -0.145. The number of carboxylic acid groups (broad SMARTS) is 1. The molecule has 1 aromatic carbocycles. The molecule has 0 spiro atoms. The van der Waals surface area contributed by atoms with Crippen LogP contribution in [0.2, 0.25) is 0 Å². The van der Waals surface area contributed by atoms with Crippen molar-refractivity contribution in [3.63, 3.8) is 0 Å². The van der Waals surface area contributed by atoms with Crippen LogP contribution in [-0.4, -0.2) is 49.3 Å². The van der Waals surface area contributed by atoms with Crippen molar-refractivity contribution in [1.29, 1.82) is 0 Å². The van der Waals surface area contributed by atoms with Gasteiger partial charge in [-0.1, -0.05) is 38.3 Å². The predicted molar refractivity (Wildman–Crippen MR) is 127 cm³/mol. The molecule has 2 unspecified atom stereocenters. The van der Waals surface area contributed by atoms with Crippen LogP contribution in [0.25, 0.3) is 0 Å². The standard InChI is InChI=1S/C26H39NO7/c1-4-9-20(24(29)30)16-26(12-6-7-13-26)25(31)27-21(15-23(28)34-5-2)18-33-17-19-10-8-11-22(14-19)32-3/h8,10-11,14,20-21H,4-7,9,12-13,15-18H2,1-3H3,(H,27,31)(H,29,30). The molecule has 34 heavy (non-hydrogen) atoms. The van der Waals surface area contributed by atoms with Crippen LogP contribution in [0.4, 0.5) is 0 Å². The number of carbonyl (C=O) groups excluding carboxylic acids is 2. The van der Waals surface area contributed by atoms with Crippen molar-refractivity contribution in [3.8, 4) is 5.75 Å². The SMILES string of the molecule is CCCC(CC1(C(=O)NC(COCc2cccc(OC)c2)CC(=O)OCC)CCCC1)C(=O)O. The van der Waals surface area contributed by atoms with Gasteiger partial charge in [0.25, 0.3) is 0 Å². The Balaban J connectivity index is 2.08. The number of nitrogens with one attached hydrogen (secondary N) is 1. The van der Waals surface area contributed by atoms with Crippen molar-refractivity contribution >= 4 is 17.8 Å². The number of ether oxygens (including phenoxy) is 3. The number of carbonyl (C=O) groups is 3. The van der Waals surface area contributed by atoms with E-state index in [9.17, 15) is 19.5 Å². The molecule has 2 atom stereocenters. The first-order valence-electron chi connectivity index (χ1n) is 12.2. The molecule has 1 aromatic rings. The quantitative estimate of drug-likeness (QED) is 0.366. The Morgan fingerprint density at radius 3 is 2.53 bits per heavy atom. The van der Waals surface area contributed by atoms with Crippen molar-refractivity contribution < 1.29 is 33.7 Å². The Morgan fingerprint density at radius 2 is 1.91 bits per heavy atom. The third-order valence-electron chi connectivity index (χ3n) is 6.44. The van der Waals surface area contributed by atoms with Crippen LogP contribution in [0.1, 0.15) is 70.8 Å². The fourth-order valence-corrected chi connectivity index (χ4v) is 4.70. The molecule has 2 rings (SSSR count). The highest BCUT2D eigenvalue weighted by molar-refractivity contribution is 5.84. The summed E-state index contributed by atoms with van der Waals surface area (Å²) in [6.45, 7) is 4.38. The molecule has 0 bridgehead atoms. The van der Waals surface area contributed by atoms with Crippen molar-refractivity contribution in [3.05, 3.63) is 29.8 Å². The molecule has 0 aromatic heterocycles. The number of amides is 1. The van der Waals surface area contributed by atoms with Gasteiger partial charge < -0.3 is 24.6 Å². The molecule has 8 nitrogen and oxygen atoms in total. The predicted octanol–water partition coefficient (Wildman–Crippen LogP) is 4.10. The Bertz CT molecular complexity index is 804. The van der Waals surface area contributed by atoms with Gasteiger partial charge >= 0.3 is 11.9 Å². The Morgan fingerprint density at radius 1 is 1.18 bits per heavy atom. The molecule has 1 saturated carbocycles. The fourth-order valence-electron chi connectivity index (χ4n) is 4.70. The molecular weight excluding hydrogens is 438 g/mol. The smallest absolute Gasteiger partial charge is 0.307 e. The molecular formula is C26H39NO7. The maximum atomic E-state index is 13.5. The first-order valence-corrected chi connectivity index (χ1v) is 12.2. The minimum Gasteiger partial charge on any atom is -0.497 e. The van der Waals surface area contributed by atoms with E-state index in [-0.39, 0.29) is 25.5 Å². The summed E-state index contributed by atoms with van der Waals surface area (Å²) in [5, 5.41) is 12.7. The topological polar surface area (TPSA) is 111 Å². The highest BCUT2D eigenvalue weighted by Gasteiger charge is 2.44. The second-order valence-electron chi connectivity index (χ2n) is 9.06. The van der Waals surface area contributed by atoms with E-state index in [1.54, 1.807) is 14.0 Å². The van der Waals surface area contributed by atoms with Crippen LogP contribution in [0.3, 0.4) is 0 Å². The summed E-state index contributed by atoms with van der Waals surface area (Å²) in [5.74, 6) is -1.28. The van der Waals surface area contributed by atoms with Crippen LogP contribution in [0.5, 0.6) is 5.75 Å². The molecule has 1 amide bonds. The van der Waals surface area contributed by atoms with Gasteiger partial charge in [0.15, 0.2) is 0 Å². The summed E-state index contributed by atoms with van der Waals surface area (Å²) in [6, 6.07) is 6.93. The zero-order chi connectivity index (χ0) is 25.0. The average molecular weight is 478 g/mol. The number of methoxy groups -OCH3 is 1. The second-order valence-corrected chi connectivity index (χ2v) is 9.06. The molecule has 8 heteroatoms. The van der Waals surface area contributed by atoms with Gasteiger partial charge in [-0.3, -0.25) is 14.4 Å². The molecule has 1 aliphatic carbocycles. The Labute approximate surface area is 202 Å². The lowest BCUT2D eigenvalue weighted by atomic mass is 9.75. The minimum atomic E-state index is -0.856. The van der Waals surface area contributed by atoms with E-state index in [1.807, 2.05) is 31.2 Å². The summed E-state index contributed by atoms with van der Waals surface area (Å²) < 4.78 is 16.2. The van der Waals surface area contributed by atoms with Gasteiger partial charge in [0.2, 0.25) is 5.91 Å². The van der Waals surface area contributed by atoms with E-state index in [0.717, 1.165) is 30.6 Å². The van der Waals surface area contributed by atoms with Crippen LogP contribution in [0.15, 0.2) is 24.3 Å². The molecule has 0 heterocycles. The third kappa shape index (κ3) is 8.31. The van der Waals surface area contributed by atoms with Crippen molar-refractivity contribution in [2.75, 3.05) is 20.3 Å². The van der Waals surface area contributed by atoms with E-state index in [0.29, 0.717) is 32.3 Å². The fraction of sp³-hybridized carbons (Fsp3) is 0.654. The lowest BCUT2D eigenvalue weighted by Gasteiger charge is -2.32. The zero-order valence-electron chi connectivity index (χ0n) is 20.6. The second kappa shape index (κ2) is 13.9. The summed E-state index contributed by atoms with van der Waals surface area (Å²) in [4.78, 5) is 37.4. The largest absolute Gasteiger partial charge is 0.497 e.